The summed E-state index contributed by atoms with van der Waals surface area (Å²) in [5, 5.41) is 16.1. The number of ether oxygens (including phenoxy) is 1. The van der Waals surface area contributed by atoms with E-state index in [9.17, 15) is 13.2 Å². The van der Waals surface area contributed by atoms with Crippen molar-refractivity contribution in [1.82, 2.24) is 0 Å². The van der Waals surface area contributed by atoms with Crippen molar-refractivity contribution in [2.45, 2.75) is 31.3 Å². The van der Waals surface area contributed by atoms with Gasteiger partial charge in [0.15, 0.2) is 0 Å². The number of nitrogens with one attached hydrogen (secondary N) is 1. The monoisotopic (exact) mass is 297 g/mol. The van der Waals surface area contributed by atoms with Crippen LogP contribution in [0.1, 0.15) is 26.3 Å². The molecule has 0 aliphatic heterocycles. The first-order valence-electron chi connectivity index (χ1n) is 5.60. The van der Waals surface area contributed by atoms with Crippen LogP contribution >= 0.6 is 0 Å². The lowest BCUT2D eigenvalue weighted by atomic mass is 10.2. The maximum absolute atomic E-state index is 11.7. The summed E-state index contributed by atoms with van der Waals surface area (Å²) in [6.07, 6.45) is -0.836. The van der Waals surface area contributed by atoms with Crippen molar-refractivity contribution in [1.29, 1.82) is 5.26 Å². The molecule has 0 heterocycles. The van der Waals surface area contributed by atoms with Crippen LogP contribution in [-0.4, -0.2) is 20.1 Å². The third-order valence-corrected chi connectivity index (χ3v) is 3.02. The number of nitrogens with zero attached hydrogens (tertiary/aromatic N) is 1. The molecule has 0 bridgehead atoms. The molecule has 0 radical (unpaired) electrons. The van der Waals surface area contributed by atoms with Crippen molar-refractivity contribution >= 4 is 21.8 Å². The van der Waals surface area contributed by atoms with Gasteiger partial charge in [0, 0.05) is 0 Å². The van der Waals surface area contributed by atoms with Crippen molar-refractivity contribution in [2.24, 2.45) is 5.14 Å². The van der Waals surface area contributed by atoms with E-state index in [0.29, 0.717) is 0 Å². The largest absolute Gasteiger partial charge is 0.444 e. The van der Waals surface area contributed by atoms with Gasteiger partial charge in [0.2, 0.25) is 10.0 Å². The number of amides is 1. The number of nitrogens with two attached hydrogens (primary N) is 1. The number of hydrogen-bond acceptors (Lipinski definition) is 5. The van der Waals surface area contributed by atoms with E-state index in [-0.39, 0.29) is 16.1 Å². The number of anilines is 1. The van der Waals surface area contributed by atoms with Gasteiger partial charge >= 0.3 is 6.09 Å². The molecule has 0 aliphatic carbocycles. The Bertz CT molecular complexity index is 669. The van der Waals surface area contributed by atoms with Crippen LogP contribution < -0.4 is 10.5 Å². The van der Waals surface area contributed by atoms with Gasteiger partial charge in [-0.15, -0.1) is 0 Å². The SMILES string of the molecule is CC(C)(C)OC(=O)Nc1cc(C#N)ccc1S(N)(=O)=O. The second-order valence-electron chi connectivity index (χ2n) is 4.99. The van der Waals surface area contributed by atoms with Crippen LogP contribution in [0.5, 0.6) is 0 Å². The number of primary sulfonamides is 1. The highest BCUT2D eigenvalue weighted by molar-refractivity contribution is 7.89. The Morgan fingerprint density at radius 3 is 2.45 bits per heavy atom. The molecule has 0 fully saturated rings. The van der Waals surface area contributed by atoms with Crippen molar-refractivity contribution < 1.29 is 17.9 Å². The molecule has 3 N–H and O–H groups in total. The van der Waals surface area contributed by atoms with Crippen molar-refractivity contribution in [3.8, 4) is 6.07 Å². The highest BCUT2D eigenvalue weighted by Gasteiger charge is 2.20. The predicted molar refractivity (Wildman–Crippen MR) is 72.4 cm³/mol. The van der Waals surface area contributed by atoms with Crippen LogP contribution in [-0.2, 0) is 14.8 Å². The molecule has 7 nitrogen and oxygen atoms in total. The minimum absolute atomic E-state index is 0.0965. The Balaban J connectivity index is 3.16. The summed E-state index contributed by atoms with van der Waals surface area (Å²) in [6.45, 7) is 5.00. The van der Waals surface area contributed by atoms with E-state index in [2.05, 4.69) is 5.32 Å². The summed E-state index contributed by atoms with van der Waals surface area (Å²) in [5.74, 6) is 0. The van der Waals surface area contributed by atoms with Gasteiger partial charge in [0.05, 0.1) is 17.3 Å². The smallest absolute Gasteiger partial charge is 0.412 e. The number of carbonyl (C=O) groups is 1. The van der Waals surface area contributed by atoms with E-state index < -0.39 is 21.7 Å². The first-order valence-corrected chi connectivity index (χ1v) is 7.14. The molecule has 0 aromatic heterocycles. The van der Waals surface area contributed by atoms with Crippen LogP contribution in [0, 0.1) is 11.3 Å². The van der Waals surface area contributed by atoms with Crippen LogP contribution in [0.3, 0.4) is 0 Å². The first-order chi connectivity index (χ1) is 9.03. The lowest BCUT2D eigenvalue weighted by Gasteiger charge is -2.20. The molecule has 0 spiro atoms. The van der Waals surface area contributed by atoms with Crippen LogP contribution in [0.4, 0.5) is 10.5 Å². The molecule has 0 saturated carbocycles. The number of hydrogen-bond donors (Lipinski definition) is 2. The summed E-state index contributed by atoms with van der Waals surface area (Å²) in [5.41, 5.74) is -0.650. The second-order valence-corrected chi connectivity index (χ2v) is 6.52. The number of nitriles is 1. The van der Waals surface area contributed by atoms with E-state index in [1.165, 1.54) is 12.1 Å². The molecule has 108 valence electrons. The normalized spacial score (nSPS) is 11.6. The van der Waals surface area contributed by atoms with E-state index in [1.54, 1.807) is 20.8 Å². The van der Waals surface area contributed by atoms with Gasteiger partial charge in [-0.25, -0.2) is 18.4 Å². The fraction of sp³-hybridized carbons (Fsp3) is 0.333. The number of carbonyl (C=O) groups excluding carboxylic acids is 1. The summed E-state index contributed by atoms with van der Waals surface area (Å²) < 4.78 is 27.9. The number of rotatable bonds is 2. The van der Waals surface area contributed by atoms with Crippen molar-refractivity contribution in [2.75, 3.05) is 5.32 Å². The number of sulfonamides is 1. The second kappa shape index (κ2) is 5.48. The molecule has 0 saturated heterocycles. The molecule has 20 heavy (non-hydrogen) atoms. The first kappa shape index (κ1) is 15.9. The Hall–Kier alpha value is -2.11. The summed E-state index contributed by atoms with van der Waals surface area (Å²) in [7, 11) is -4.03. The Morgan fingerprint density at radius 1 is 1.40 bits per heavy atom. The Morgan fingerprint density at radius 2 is 2.00 bits per heavy atom. The predicted octanol–water partition coefficient (Wildman–Crippen LogP) is 1.55. The zero-order valence-electron chi connectivity index (χ0n) is 11.3. The molecule has 0 aliphatic rings. The van der Waals surface area contributed by atoms with Crippen LogP contribution in [0.15, 0.2) is 23.1 Å². The maximum atomic E-state index is 11.7. The van der Waals surface area contributed by atoms with Gasteiger partial charge in [0.25, 0.3) is 0 Å². The molecular formula is C12H15N3O4S. The zero-order valence-corrected chi connectivity index (χ0v) is 12.1. The Labute approximate surface area is 117 Å². The van der Waals surface area contributed by atoms with Gasteiger partial charge in [-0.2, -0.15) is 5.26 Å². The average molecular weight is 297 g/mol. The summed E-state index contributed by atoms with van der Waals surface area (Å²) in [4.78, 5) is 11.4. The van der Waals surface area contributed by atoms with Gasteiger partial charge in [-0.1, -0.05) is 0 Å². The molecule has 1 amide bonds. The fourth-order valence-electron chi connectivity index (χ4n) is 1.36. The van der Waals surface area contributed by atoms with Gasteiger partial charge in [-0.05, 0) is 39.0 Å². The van der Waals surface area contributed by atoms with E-state index in [4.69, 9.17) is 15.1 Å². The van der Waals surface area contributed by atoms with Crippen LogP contribution in [0.25, 0.3) is 0 Å². The molecule has 0 atom stereocenters. The molecule has 1 aromatic carbocycles. The number of benzene rings is 1. The van der Waals surface area contributed by atoms with E-state index in [1.807, 2.05) is 6.07 Å². The fourth-order valence-corrected chi connectivity index (χ4v) is 2.03. The molecule has 8 heteroatoms. The zero-order chi connectivity index (χ0) is 15.6. The standard InChI is InChI=1S/C12H15N3O4S/c1-12(2,3)19-11(16)15-9-6-8(7-13)4-5-10(9)20(14,17)18/h4-6H,1-3H3,(H,15,16)(H2,14,17,18). The quantitative estimate of drug-likeness (QED) is 0.857. The topological polar surface area (TPSA) is 122 Å². The third-order valence-electron chi connectivity index (χ3n) is 2.05. The lowest BCUT2D eigenvalue weighted by Crippen LogP contribution is -2.28. The van der Waals surface area contributed by atoms with Crippen LogP contribution in [0.2, 0.25) is 0 Å². The molecule has 0 unspecified atom stereocenters. The maximum Gasteiger partial charge on any atom is 0.412 e. The third kappa shape index (κ3) is 4.53. The van der Waals surface area contributed by atoms with E-state index in [0.717, 1.165) is 6.07 Å². The Kier molecular flexibility index (Phi) is 4.37. The van der Waals surface area contributed by atoms with E-state index >= 15 is 0 Å². The lowest BCUT2D eigenvalue weighted by molar-refractivity contribution is 0.0635. The minimum Gasteiger partial charge on any atom is -0.444 e. The van der Waals surface area contributed by atoms with Gasteiger partial charge in [-0.3, -0.25) is 5.32 Å². The highest BCUT2D eigenvalue weighted by atomic mass is 32.2. The van der Waals surface area contributed by atoms with Gasteiger partial charge < -0.3 is 4.74 Å². The van der Waals surface area contributed by atoms with Gasteiger partial charge in [0.1, 0.15) is 10.5 Å². The molecule has 1 aromatic rings. The van der Waals surface area contributed by atoms with Crippen molar-refractivity contribution in [3.63, 3.8) is 0 Å². The highest BCUT2D eigenvalue weighted by Crippen LogP contribution is 2.22. The average Bonchev–Trinajstić information content (AvgIpc) is 2.24. The minimum atomic E-state index is -4.03. The van der Waals surface area contributed by atoms with Crippen molar-refractivity contribution in [3.05, 3.63) is 23.8 Å². The molecule has 1 rings (SSSR count). The molecular weight excluding hydrogens is 282 g/mol. The summed E-state index contributed by atoms with van der Waals surface area (Å²) in [6, 6.07) is 5.50. The summed E-state index contributed by atoms with van der Waals surface area (Å²) >= 11 is 0.